The van der Waals surface area contributed by atoms with Crippen molar-refractivity contribution in [3.8, 4) is 0 Å². The first-order valence-electron chi connectivity index (χ1n) is 6.23. The molecule has 21 heavy (non-hydrogen) atoms. The van der Waals surface area contributed by atoms with Gasteiger partial charge in [-0.25, -0.2) is 19.7 Å². The lowest BCUT2D eigenvalue weighted by Crippen LogP contribution is -2.02. The van der Waals surface area contributed by atoms with E-state index in [1.807, 2.05) is 31.2 Å². The van der Waals surface area contributed by atoms with Crippen molar-refractivity contribution in [2.24, 2.45) is 0 Å². The SMILES string of the molecule is Cc1ccc(C(=O)O)c(Sc2ncnc3ccccc23)n1. The van der Waals surface area contributed by atoms with Gasteiger partial charge >= 0.3 is 5.97 Å². The Bertz CT molecular complexity index is 831. The Balaban J connectivity index is 2.11. The van der Waals surface area contributed by atoms with Crippen LogP contribution >= 0.6 is 11.8 Å². The molecule has 1 aromatic carbocycles. The molecule has 0 spiro atoms. The molecule has 3 rings (SSSR count). The largest absolute Gasteiger partial charge is 0.478 e. The highest BCUT2D eigenvalue weighted by Crippen LogP contribution is 2.31. The number of pyridine rings is 1. The standard InChI is InChI=1S/C15H11N3O2S/c1-9-6-7-11(15(19)20)14(18-9)21-13-10-4-2-3-5-12(10)16-8-17-13/h2-8H,1H3,(H,19,20). The first-order chi connectivity index (χ1) is 10.1. The minimum absolute atomic E-state index is 0.174. The van der Waals surface area contributed by atoms with Crippen molar-refractivity contribution in [2.75, 3.05) is 0 Å². The average Bonchev–Trinajstić information content (AvgIpc) is 2.47. The lowest BCUT2D eigenvalue weighted by molar-refractivity contribution is 0.0692. The Morgan fingerprint density at radius 1 is 1.10 bits per heavy atom. The molecule has 104 valence electrons. The van der Waals surface area contributed by atoms with Gasteiger partial charge in [0.25, 0.3) is 0 Å². The number of nitrogens with zero attached hydrogens (tertiary/aromatic N) is 3. The maximum absolute atomic E-state index is 11.3. The fourth-order valence-electron chi connectivity index (χ4n) is 1.93. The molecule has 0 aliphatic heterocycles. The Kier molecular flexibility index (Phi) is 3.53. The van der Waals surface area contributed by atoms with Crippen molar-refractivity contribution in [3.63, 3.8) is 0 Å². The second-order valence-corrected chi connectivity index (χ2v) is 5.39. The van der Waals surface area contributed by atoms with Crippen LogP contribution in [0.1, 0.15) is 16.1 Å². The van der Waals surface area contributed by atoms with Gasteiger partial charge in [-0.3, -0.25) is 0 Å². The number of aromatic carboxylic acids is 1. The number of carboxylic acid groups (broad SMARTS) is 1. The number of carboxylic acids is 1. The van der Waals surface area contributed by atoms with Gasteiger partial charge in [-0.05, 0) is 36.9 Å². The lowest BCUT2D eigenvalue weighted by atomic mass is 10.2. The third kappa shape index (κ3) is 2.71. The molecule has 0 unspecified atom stereocenters. The molecule has 0 atom stereocenters. The van der Waals surface area contributed by atoms with Gasteiger partial charge < -0.3 is 5.11 Å². The van der Waals surface area contributed by atoms with Crippen LogP contribution < -0.4 is 0 Å². The van der Waals surface area contributed by atoms with Crippen LogP contribution in [-0.2, 0) is 0 Å². The zero-order valence-corrected chi connectivity index (χ0v) is 12.0. The van der Waals surface area contributed by atoms with E-state index in [9.17, 15) is 9.90 Å². The van der Waals surface area contributed by atoms with Crippen molar-refractivity contribution in [2.45, 2.75) is 17.0 Å². The monoisotopic (exact) mass is 297 g/mol. The molecule has 3 aromatic rings. The van der Waals surface area contributed by atoms with E-state index in [-0.39, 0.29) is 5.56 Å². The van der Waals surface area contributed by atoms with E-state index in [4.69, 9.17) is 0 Å². The summed E-state index contributed by atoms with van der Waals surface area (Å²) in [5.41, 5.74) is 1.76. The summed E-state index contributed by atoms with van der Waals surface area (Å²) in [6.45, 7) is 1.83. The summed E-state index contributed by atoms with van der Waals surface area (Å²) < 4.78 is 0. The van der Waals surface area contributed by atoms with Gasteiger partial charge in [0.15, 0.2) is 0 Å². The summed E-state index contributed by atoms with van der Waals surface area (Å²) in [4.78, 5) is 24.1. The van der Waals surface area contributed by atoms with E-state index in [2.05, 4.69) is 15.0 Å². The Morgan fingerprint density at radius 2 is 1.90 bits per heavy atom. The maximum Gasteiger partial charge on any atom is 0.338 e. The van der Waals surface area contributed by atoms with Crippen molar-refractivity contribution in [1.82, 2.24) is 15.0 Å². The fourth-order valence-corrected chi connectivity index (χ4v) is 2.95. The Labute approximate surface area is 125 Å². The fraction of sp³-hybridized carbons (Fsp3) is 0.0667. The number of benzene rings is 1. The number of aryl methyl sites for hydroxylation is 1. The van der Waals surface area contributed by atoms with Crippen LogP contribution in [0.4, 0.5) is 0 Å². The Hall–Kier alpha value is -2.47. The molecule has 0 aliphatic rings. The number of hydrogen-bond acceptors (Lipinski definition) is 5. The topological polar surface area (TPSA) is 76.0 Å². The molecule has 0 saturated heterocycles. The van der Waals surface area contributed by atoms with Crippen LogP contribution in [-0.4, -0.2) is 26.0 Å². The van der Waals surface area contributed by atoms with Gasteiger partial charge in [-0.1, -0.05) is 18.2 Å². The molecule has 0 saturated carbocycles. The molecule has 5 nitrogen and oxygen atoms in total. The summed E-state index contributed by atoms with van der Waals surface area (Å²) in [6.07, 6.45) is 1.47. The summed E-state index contributed by atoms with van der Waals surface area (Å²) in [5.74, 6) is -0.997. The predicted molar refractivity (Wildman–Crippen MR) is 79.6 cm³/mol. The van der Waals surface area contributed by atoms with Gasteiger partial charge in [-0.15, -0.1) is 0 Å². The molecule has 0 amide bonds. The zero-order chi connectivity index (χ0) is 14.8. The first-order valence-corrected chi connectivity index (χ1v) is 7.05. The molecule has 1 N–H and O–H groups in total. The van der Waals surface area contributed by atoms with Crippen LogP contribution in [0.5, 0.6) is 0 Å². The molecular formula is C15H11N3O2S. The lowest BCUT2D eigenvalue weighted by Gasteiger charge is -2.07. The minimum atomic E-state index is -0.997. The van der Waals surface area contributed by atoms with Gasteiger partial charge in [0, 0.05) is 11.1 Å². The third-order valence-electron chi connectivity index (χ3n) is 2.93. The van der Waals surface area contributed by atoms with E-state index in [0.717, 1.165) is 16.6 Å². The van der Waals surface area contributed by atoms with E-state index in [0.29, 0.717) is 10.1 Å². The zero-order valence-electron chi connectivity index (χ0n) is 11.1. The summed E-state index contributed by atoms with van der Waals surface area (Å²) in [7, 11) is 0. The van der Waals surface area contributed by atoms with Crippen molar-refractivity contribution < 1.29 is 9.90 Å². The van der Waals surface area contributed by atoms with Gasteiger partial charge in [0.1, 0.15) is 16.4 Å². The molecular weight excluding hydrogens is 286 g/mol. The first kappa shape index (κ1) is 13.5. The second-order valence-electron chi connectivity index (χ2n) is 4.41. The molecule has 2 aromatic heterocycles. The molecule has 0 aliphatic carbocycles. The maximum atomic E-state index is 11.3. The number of fused-ring (bicyclic) bond motifs is 1. The highest BCUT2D eigenvalue weighted by molar-refractivity contribution is 7.99. The van der Waals surface area contributed by atoms with Crippen LogP contribution in [0.15, 0.2) is 52.8 Å². The summed E-state index contributed by atoms with van der Waals surface area (Å²) in [6, 6.07) is 10.9. The quantitative estimate of drug-likeness (QED) is 0.748. The Morgan fingerprint density at radius 3 is 2.71 bits per heavy atom. The molecule has 0 fully saturated rings. The van der Waals surface area contributed by atoms with E-state index < -0.39 is 5.97 Å². The smallest absolute Gasteiger partial charge is 0.338 e. The number of para-hydroxylation sites is 1. The number of aromatic nitrogens is 3. The predicted octanol–water partition coefficient (Wildman–Crippen LogP) is 3.18. The van der Waals surface area contributed by atoms with Gasteiger partial charge in [-0.2, -0.15) is 0 Å². The number of carbonyl (C=O) groups is 1. The second kappa shape index (κ2) is 5.49. The van der Waals surface area contributed by atoms with Crippen molar-refractivity contribution in [1.29, 1.82) is 0 Å². The molecule has 2 heterocycles. The molecule has 6 heteroatoms. The third-order valence-corrected chi connectivity index (χ3v) is 3.95. The number of hydrogen-bond donors (Lipinski definition) is 1. The van der Waals surface area contributed by atoms with Crippen molar-refractivity contribution in [3.05, 3.63) is 54.0 Å². The molecule has 0 bridgehead atoms. The number of rotatable bonds is 3. The van der Waals surface area contributed by atoms with Gasteiger partial charge in [0.2, 0.25) is 0 Å². The highest BCUT2D eigenvalue weighted by atomic mass is 32.2. The van der Waals surface area contributed by atoms with E-state index >= 15 is 0 Å². The highest BCUT2D eigenvalue weighted by Gasteiger charge is 2.15. The van der Waals surface area contributed by atoms with Crippen LogP contribution in [0, 0.1) is 6.92 Å². The average molecular weight is 297 g/mol. The van der Waals surface area contributed by atoms with Gasteiger partial charge in [0.05, 0.1) is 11.1 Å². The normalized spacial score (nSPS) is 10.7. The van der Waals surface area contributed by atoms with Crippen LogP contribution in [0.25, 0.3) is 10.9 Å². The van der Waals surface area contributed by atoms with Crippen LogP contribution in [0.2, 0.25) is 0 Å². The van der Waals surface area contributed by atoms with E-state index in [1.165, 1.54) is 18.1 Å². The van der Waals surface area contributed by atoms with Crippen molar-refractivity contribution >= 4 is 28.6 Å². The summed E-state index contributed by atoms with van der Waals surface area (Å²) >= 11 is 1.24. The summed E-state index contributed by atoms with van der Waals surface area (Å²) in [5, 5.41) is 11.3. The van der Waals surface area contributed by atoms with E-state index in [1.54, 1.807) is 12.1 Å². The molecule has 0 radical (unpaired) electrons. The minimum Gasteiger partial charge on any atom is -0.478 e. The van der Waals surface area contributed by atoms with Crippen LogP contribution in [0.3, 0.4) is 0 Å².